The number of aliphatic carboxylic acids is 1. The molecule has 4 heterocycles. The van der Waals surface area contributed by atoms with Crippen LogP contribution in [-0.2, 0) is 4.79 Å². The van der Waals surface area contributed by atoms with Crippen molar-refractivity contribution in [1.29, 1.82) is 0 Å². The molecule has 0 aliphatic carbocycles. The van der Waals surface area contributed by atoms with Gasteiger partial charge in [-0.05, 0) is 66.6 Å². The second-order valence-corrected chi connectivity index (χ2v) is 11.7. The molecule has 0 aromatic heterocycles. The van der Waals surface area contributed by atoms with Crippen molar-refractivity contribution in [3.05, 3.63) is 118 Å². The number of amides is 4. The predicted octanol–water partition coefficient (Wildman–Crippen LogP) is 3.33. The zero-order valence-corrected chi connectivity index (χ0v) is 26.2. The van der Waals surface area contributed by atoms with Gasteiger partial charge in [0.1, 0.15) is 6.10 Å². The smallest absolute Gasteiger partial charge is 0.330 e. The molecule has 4 aromatic carbocycles. The van der Waals surface area contributed by atoms with E-state index in [-0.39, 0.29) is 42.1 Å². The fraction of sp³-hybridized carbons (Fsp3) is 0.194. The van der Waals surface area contributed by atoms with E-state index in [1.165, 1.54) is 30.3 Å². The molecule has 3 N–H and O–H groups in total. The summed E-state index contributed by atoms with van der Waals surface area (Å²) in [5.74, 6) is -1.80. The van der Waals surface area contributed by atoms with Crippen LogP contribution in [0.4, 0.5) is 0 Å². The van der Waals surface area contributed by atoms with Gasteiger partial charge in [-0.2, -0.15) is 0 Å². The van der Waals surface area contributed by atoms with Crippen LogP contribution >= 0.6 is 0 Å². The summed E-state index contributed by atoms with van der Waals surface area (Å²) in [4.78, 5) is 63.7. The normalized spacial score (nSPS) is 17.5. The molecule has 0 bridgehead atoms. The summed E-state index contributed by atoms with van der Waals surface area (Å²) in [5, 5.41) is 30.9. The lowest BCUT2D eigenvalue weighted by Gasteiger charge is -2.27. The summed E-state index contributed by atoms with van der Waals surface area (Å²) in [6.45, 7) is 1.81. The number of imide groups is 2. The highest BCUT2D eigenvalue weighted by Gasteiger charge is 2.46. The van der Waals surface area contributed by atoms with Gasteiger partial charge >= 0.3 is 5.97 Å². The molecule has 254 valence electrons. The number of carboxylic acids is 1. The second kappa shape index (κ2) is 12.7. The van der Waals surface area contributed by atoms with E-state index in [1.807, 2.05) is 0 Å². The van der Waals surface area contributed by atoms with Crippen LogP contribution in [0, 0.1) is 0 Å². The molecule has 0 radical (unpaired) electrons. The SMILES string of the molecule is C[C@H]([C@H](O)c1ccc2c(c1)OCO2)N1C(=O)c2ccccc2C1=O.O=C(O)C(C(O)c1ccc2c(c1)OCO2)N1C(=O)c2ccccc2C1=O. The molecule has 0 fully saturated rings. The molecule has 4 atom stereocenters. The molecule has 0 saturated heterocycles. The van der Waals surface area contributed by atoms with Gasteiger partial charge in [0.05, 0.1) is 34.4 Å². The molecule has 8 rings (SSSR count). The van der Waals surface area contributed by atoms with Crippen molar-refractivity contribution < 1.29 is 58.2 Å². The number of aliphatic hydroxyl groups excluding tert-OH is 2. The van der Waals surface area contributed by atoms with Crippen LogP contribution in [0.15, 0.2) is 84.9 Å². The van der Waals surface area contributed by atoms with E-state index < -0.39 is 42.1 Å². The molecular formula is C36H28N2O12. The Bertz CT molecular complexity index is 2010. The fourth-order valence-electron chi connectivity index (χ4n) is 6.22. The minimum absolute atomic E-state index is 0.0235. The van der Waals surface area contributed by atoms with Gasteiger partial charge in [-0.15, -0.1) is 0 Å². The molecule has 4 aromatic rings. The van der Waals surface area contributed by atoms with Crippen LogP contribution in [0.2, 0.25) is 0 Å². The number of aliphatic hydroxyl groups is 2. The summed E-state index contributed by atoms with van der Waals surface area (Å²) in [6, 6.07) is 19.7. The minimum Gasteiger partial charge on any atom is -0.480 e. The van der Waals surface area contributed by atoms with Crippen molar-refractivity contribution in [2.24, 2.45) is 0 Å². The Morgan fingerprint density at radius 3 is 1.38 bits per heavy atom. The summed E-state index contributed by atoms with van der Waals surface area (Å²) >= 11 is 0. The van der Waals surface area contributed by atoms with Crippen LogP contribution in [-0.4, -0.2) is 80.4 Å². The lowest BCUT2D eigenvalue weighted by molar-refractivity contribution is -0.145. The molecule has 14 heteroatoms. The van der Waals surface area contributed by atoms with Crippen molar-refractivity contribution in [3.8, 4) is 23.0 Å². The molecule has 4 aliphatic heterocycles. The summed E-state index contributed by atoms with van der Waals surface area (Å²) < 4.78 is 21.0. The lowest BCUT2D eigenvalue weighted by Crippen LogP contribution is -2.48. The molecule has 4 aliphatic rings. The summed E-state index contributed by atoms with van der Waals surface area (Å²) in [5.41, 5.74) is 1.71. The fourth-order valence-corrected chi connectivity index (χ4v) is 6.22. The maximum Gasteiger partial charge on any atom is 0.330 e. The molecule has 2 unspecified atom stereocenters. The number of benzene rings is 4. The Balaban J connectivity index is 0.000000157. The first-order valence-corrected chi connectivity index (χ1v) is 15.4. The number of carboxylic acid groups (broad SMARTS) is 1. The van der Waals surface area contributed by atoms with Gasteiger partial charge in [-0.1, -0.05) is 36.4 Å². The zero-order valence-electron chi connectivity index (χ0n) is 26.2. The van der Waals surface area contributed by atoms with Crippen LogP contribution in [0.5, 0.6) is 23.0 Å². The standard InChI is InChI=1S/C18H13NO7.C18H15NO5/c20-15(9-5-6-12-13(7-9)26-8-25-12)14(18(23)24)19-16(21)10-3-1-2-4-11(10)17(19)22;1-10(16(20)11-6-7-14-15(8-11)24-9-23-14)19-17(21)12-4-2-3-5-13(12)18(19)22/h1-7,14-15,20H,8H2,(H,23,24);2-8,10,16,20H,9H2,1H3/t;10-,16+/m.1/s1. The first-order chi connectivity index (χ1) is 24.1. The van der Waals surface area contributed by atoms with Crippen molar-refractivity contribution in [2.75, 3.05) is 13.6 Å². The number of fused-ring (bicyclic) bond motifs is 4. The van der Waals surface area contributed by atoms with Gasteiger partial charge in [0.25, 0.3) is 23.6 Å². The van der Waals surface area contributed by atoms with E-state index in [9.17, 15) is 39.3 Å². The number of hydrogen-bond acceptors (Lipinski definition) is 11. The Morgan fingerprint density at radius 2 is 0.960 bits per heavy atom. The zero-order chi connectivity index (χ0) is 35.3. The van der Waals surface area contributed by atoms with Crippen molar-refractivity contribution >= 4 is 29.6 Å². The van der Waals surface area contributed by atoms with Crippen LogP contribution < -0.4 is 18.9 Å². The number of hydrogen-bond donors (Lipinski definition) is 3. The topological polar surface area (TPSA) is 189 Å². The monoisotopic (exact) mass is 680 g/mol. The summed E-state index contributed by atoms with van der Waals surface area (Å²) in [7, 11) is 0. The largest absolute Gasteiger partial charge is 0.480 e. The third kappa shape index (κ3) is 5.36. The quantitative estimate of drug-likeness (QED) is 0.242. The maximum absolute atomic E-state index is 12.6. The lowest BCUT2D eigenvalue weighted by atomic mass is 10.0. The molecule has 14 nitrogen and oxygen atoms in total. The van der Waals surface area contributed by atoms with E-state index in [0.717, 1.165) is 4.90 Å². The molecule has 4 amide bonds. The third-order valence-electron chi connectivity index (χ3n) is 8.82. The highest BCUT2D eigenvalue weighted by molar-refractivity contribution is 6.23. The van der Waals surface area contributed by atoms with Gasteiger partial charge in [0, 0.05) is 0 Å². The van der Waals surface area contributed by atoms with Gasteiger partial charge in [0.2, 0.25) is 13.6 Å². The Kier molecular flexibility index (Phi) is 8.17. The van der Waals surface area contributed by atoms with Gasteiger partial charge in [-0.25, -0.2) is 4.79 Å². The minimum atomic E-state index is -1.78. The van der Waals surface area contributed by atoms with Crippen molar-refractivity contribution in [3.63, 3.8) is 0 Å². The molecule has 0 spiro atoms. The number of carbonyl (C=O) groups is 5. The Morgan fingerprint density at radius 1 is 0.580 bits per heavy atom. The molecule has 0 saturated carbocycles. The number of rotatable bonds is 7. The third-order valence-corrected chi connectivity index (χ3v) is 8.82. The van der Waals surface area contributed by atoms with Crippen LogP contribution in [0.1, 0.15) is 71.7 Å². The average molecular weight is 681 g/mol. The average Bonchev–Trinajstić information content (AvgIpc) is 3.90. The van der Waals surface area contributed by atoms with Crippen molar-refractivity contribution in [1.82, 2.24) is 9.80 Å². The first-order valence-electron chi connectivity index (χ1n) is 15.4. The van der Waals surface area contributed by atoms with Gasteiger partial charge in [-0.3, -0.25) is 29.0 Å². The predicted molar refractivity (Wildman–Crippen MR) is 170 cm³/mol. The summed E-state index contributed by atoms with van der Waals surface area (Å²) in [6.07, 6.45) is -2.66. The van der Waals surface area contributed by atoms with Crippen molar-refractivity contribution in [2.45, 2.75) is 31.2 Å². The van der Waals surface area contributed by atoms with E-state index in [1.54, 1.807) is 61.5 Å². The number of nitrogens with zero attached hydrogens (tertiary/aromatic N) is 2. The Labute approximate surface area is 283 Å². The highest BCUT2D eigenvalue weighted by Crippen LogP contribution is 2.38. The van der Waals surface area contributed by atoms with E-state index in [0.29, 0.717) is 44.6 Å². The van der Waals surface area contributed by atoms with Crippen LogP contribution in [0.25, 0.3) is 0 Å². The second-order valence-electron chi connectivity index (χ2n) is 11.7. The highest BCUT2D eigenvalue weighted by atomic mass is 16.7. The maximum atomic E-state index is 12.6. The van der Waals surface area contributed by atoms with E-state index in [4.69, 9.17) is 18.9 Å². The number of ether oxygens (including phenoxy) is 4. The first kappa shape index (κ1) is 32.3. The van der Waals surface area contributed by atoms with E-state index in [2.05, 4.69) is 0 Å². The van der Waals surface area contributed by atoms with Gasteiger partial charge < -0.3 is 34.3 Å². The van der Waals surface area contributed by atoms with E-state index >= 15 is 0 Å². The molecule has 50 heavy (non-hydrogen) atoms. The Hall–Kier alpha value is -6.25. The number of carbonyl (C=O) groups excluding carboxylic acids is 4. The molecular weight excluding hydrogens is 652 g/mol. The van der Waals surface area contributed by atoms with Crippen LogP contribution in [0.3, 0.4) is 0 Å². The van der Waals surface area contributed by atoms with Gasteiger partial charge in [0.15, 0.2) is 29.0 Å².